The van der Waals surface area contributed by atoms with E-state index in [0.29, 0.717) is 0 Å². The molecule has 0 aromatic heterocycles. The van der Waals surface area contributed by atoms with E-state index in [-0.39, 0.29) is 39.4 Å². The number of carbonyl (C=O) groups is 3. The van der Waals surface area contributed by atoms with Gasteiger partial charge in [-0.05, 0) is 32.0 Å². The Hall–Kier alpha value is -2.34. The summed E-state index contributed by atoms with van der Waals surface area (Å²) < 4.78 is 36.9. The van der Waals surface area contributed by atoms with Crippen LogP contribution in [0.1, 0.15) is 13.8 Å². The van der Waals surface area contributed by atoms with Crippen molar-refractivity contribution in [1.29, 1.82) is 0 Å². The number of nitrogens with one attached hydrogen (secondary N) is 3. The van der Waals surface area contributed by atoms with Crippen LogP contribution in [0.4, 0.5) is 4.79 Å². The minimum atomic E-state index is -4.09. The van der Waals surface area contributed by atoms with Crippen molar-refractivity contribution < 1.29 is 32.3 Å². The highest BCUT2D eigenvalue weighted by Crippen LogP contribution is 2.24. The van der Waals surface area contributed by atoms with Crippen molar-refractivity contribution in [3.63, 3.8) is 0 Å². The van der Waals surface area contributed by atoms with Gasteiger partial charge < -0.3 is 20.1 Å². The molecule has 0 saturated carbocycles. The normalized spacial score (nSPS) is 15.1. The summed E-state index contributed by atoms with van der Waals surface area (Å²) in [5.41, 5.74) is 0.137. The van der Waals surface area contributed by atoms with Crippen LogP contribution in [0.25, 0.3) is 0 Å². The first-order chi connectivity index (χ1) is 14.0. The summed E-state index contributed by atoms with van der Waals surface area (Å²) in [6, 6.07) is 1.84. The fourth-order valence-corrected chi connectivity index (χ4v) is 3.91. The van der Waals surface area contributed by atoms with Crippen LogP contribution in [-0.4, -0.2) is 52.2 Å². The largest absolute Gasteiger partial charge is 0.463 e. The van der Waals surface area contributed by atoms with Gasteiger partial charge in [-0.2, -0.15) is 4.72 Å². The fourth-order valence-electron chi connectivity index (χ4n) is 2.33. The van der Waals surface area contributed by atoms with Crippen molar-refractivity contribution in [3.8, 4) is 0 Å². The summed E-state index contributed by atoms with van der Waals surface area (Å²) in [7, 11) is -4.09. The smallest absolute Gasteiger partial charge is 0.337 e. The second-order valence-corrected chi connectivity index (χ2v) is 8.54. The van der Waals surface area contributed by atoms with Gasteiger partial charge in [0.25, 0.3) is 0 Å². The molecule has 10 nitrogen and oxygen atoms in total. The molecule has 0 unspecified atom stereocenters. The highest BCUT2D eigenvalue weighted by Gasteiger charge is 2.27. The number of ether oxygens (including phenoxy) is 2. The molecule has 1 aliphatic heterocycles. The number of hydrogen-bond donors (Lipinski definition) is 3. The Kier molecular flexibility index (Phi) is 8.07. The lowest BCUT2D eigenvalue weighted by molar-refractivity contribution is -0.145. The zero-order chi connectivity index (χ0) is 22.5. The molecule has 1 aromatic carbocycles. The minimum Gasteiger partial charge on any atom is -0.463 e. The second kappa shape index (κ2) is 10.1. The molecule has 1 aliphatic rings. The van der Waals surface area contributed by atoms with Gasteiger partial charge in [0.2, 0.25) is 10.0 Å². The Morgan fingerprint density at radius 1 is 1.23 bits per heavy atom. The molecular formula is C17H19Cl2N3O7S. The molecule has 164 valence electrons. The van der Waals surface area contributed by atoms with E-state index >= 15 is 0 Å². The molecule has 13 heteroatoms. The maximum absolute atomic E-state index is 12.4. The van der Waals surface area contributed by atoms with Crippen LogP contribution >= 0.6 is 23.2 Å². The third-order valence-electron chi connectivity index (χ3n) is 3.82. The Morgan fingerprint density at radius 2 is 1.93 bits per heavy atom. The molecule has 0 radical (unpaired) electrons. The quantitative estimate of drug-likeness (QED) is 0.477. The van der Waals surface area contributed by atoms with E-state index < -0.39 is 40.6 Å². The van der Waals surface area contributed by atoms with Crippen molar-refractivity contribution in [2.75, 3.05) is 19.8 Å². The van der Waals surface area contributed by atoms with Crippen molar-refractivity contribution in [3.05, 3.63) is 39.5 Å². The number of carbonyl (C=O) groups excluding carboxylic acids is 3. The number of hydrogen-bond acceptors (Lipinski definition) is 7. The molecule has 0 aliphatic carbocycles. The second-order valence-electron chi connectivity index (χ2n) is 6.01. The van der Waals surface area contributed by atoms with Gasteiger partial charge >= 0.3 is 18.0 Å². The van der Waals surface area contributed by atoms with E-state index in [1.807, 2.05) is 0 Å². The molecule has 1 aromatic rings. The number of rotatable bonds is 8. The Morgan fingerprint density at radius 3 is 2.57 bits per heavy atom. The van der Waals surface area contributed by atoms with E-state index in [1.54, 1.807) is 6.92 Å². The SMILES string of the molecule is CCOC(=O)C1=C(COC(=O)[C@@H](C)NS(=O)(=O)c2ccc(Cl)c(Cl)c2)NC(=O)NC1. The molecule has 2 rings (SSSR count). The number of benzene rings is 1. The molecule has 3 N–H and O–H groups in total. The highest BCUT2D eigenvalue weighted by molar-refractivity contribution is 7.89. The van der Waals surface area contributed by atoms with E-state index in [4.69, 9.17) is 32.7 Å². The predicted octanol–water partition coefficient (Wildman–Crippen LogP) is 1.33. The number of halogens is 2. The van der Waals surface area contributed by atoms with E-state index in [2.05, 4.69) is 15.4 Å². The molecule has 30 heavy (non-hydrogen) atoms. The maximum Gasteiger partial charge on any atom is 0.337 e. The van der Waals surface area contributed by atoms with Gasteiger partial charge in [0.15, 0.2) is 0 Å². The third-order valence-corrected chi connectivity index (χ3v) is 6.10. The Bertz CT molecular complexity index is 995. The third kappa shape index (κ3) is 6.08. The van der Waals surface area contributed by atoms with Crippen molar-refractivity contribution >= 4 is 51.2 Å². The first-order valence-corrected chi connectivity index (χ1v) is 10.9. The lowest BCUT2D eigenvalue weighted by Gasteiger charge is -2.21. The average Bonchev–Trinajstić information content (AvgIpc) is 2.67. The van der Waals surface area contributed by atoms with E-state index in [9.17, 15) is 22.8 Å². The van der Waals surface area contributed by atoms with Gasteiger partial charge in [-0.15, -0.1) is 0 Å². The minimum absolute atomic E-state index is 0.0369. The monoisotopic (exact) mass is 479 g/mol. The predicted molar refractivity (Wildman–Crippen MR) is 107 cm³/mol. The average molecular weight is 480 g/mol. The summed E-state index contributed by atoms with van der Waals surface area (Å²) in [5, 5.41) is 5.00. The maximum atomic E-state index is 12.4. The summed E-state index contributed by atoms with van der Waals surface area (Å²) in [6.07, 6.45) is 0. The van der Waals surface area contributed by atoms with Crippen LogP contribution in [0, 0.1) is 0 Å². The number of esters is 2. The zero-order valence-corrected chi connectivity index (χ0v) is 18.3. The van der Waals surface area contributed by atoms with Crippen LogP contribution < -0.4 is 15.4 Å². The van der Waals surface area contributed by atoms with Gasteiger partial charge in [-0.3, -0.25) is 4.79 Å². The van der Waals surface area contributed by atoms with Crippen LogP contribution in [0.3, 0.4) is 0 Å². The van der Waals surface area contributed by atoms with Crippen LogP contribution in [0.15, 0.2) is 34.4 Å². The standard InChI is InChI=1S/C17H19Cl2N3O7S/c1-3-28-16(24)11-7-20-17(25)21-14(11)8-29-15(23)9(2)22-30(26,27)10-4-5-12(18)13(19)6-10/h4-6,9,22H,3,7-8H2,1-2H3,(H2,20,21,25)/t9-/m1/s1. The summed E-state index contributed by atoms with van der Waals surface area (Å²) >= 11 is 11.6. The lowest BCUT2D eigenvalue weighted by atomic mass is 10.1. The first kappa shape index (κ1) is 23.9. The van der Waals surface area contributed by atoms with Crippen LogP contribution in [-0.2, 0) is 29.1 Å². The van der Waals surface area contributed by atoms with Crippen molar-refractivity contribution in [2.24, 2.45) is 0 Å². The zero-order valence-electron chi connectivity index (χ0n) is 16.0. The molecule has 0 bridgehead atoms. The topological polar surface area (TPSA) is 140 Å². The number of sulfonamides is 1. The fraction of sp³-hybridized carbons (Fsp3) is 0.353. The Labute approximate surface area is 182 Å². The molecule has 0 fully saturated rings. The van der Waals surface area contributed by atoms with E-state index in [1.165, 1.54) is 19.1 Å². The van der Waals surface area contributed by atoms with Gasteiger partial charge in [-0.25, -0.2) is 18.0 Å². The van der Waals surface area contributed by atoms with Gasteiger partial charge in [0.05, 0.1) is 39.4 Å². The summed E-state index contributed by atoms with van der Waals surface area (Å²) in [5.74, 6) is -1.61. The van der Waals surface area contributed by atoms with Crippen LogP contribution in [0.2, 0.25) is 10.0 Å². The first-order valence-electron chi connectivity index (χ1n) is 8.63. The molecule has 0 spiro atoms. The molecule has 0 saturated heterocycles. The van der Waals surface area contributed by atoms with Gasteiger partial charge in [0, 0.05) is 0 Å². The van der Waals surface area contributed by atoms with Crippen molar-refractivity contribution in [1.82, 2.24) is 15.4 Å². The molecule has 2 amide bonds. The van der Waals surface area contributed by atoms with Crippen LogP contribution in [0.5, 0.6) is 0 Å². The lowest BCUT2D eigenvalue weighted by Crippen LogP contribution is -2.46. The molecule has 1 atom stereocenters. The number of urea groups is 1. The van der Waals surface area contributed by atoms with Gasteiger partial charge in [0.1, 0.15) is 12.6 Å². The summed E-state index contributed by atoms with van der Waals surface area (Å²) in [6.45, 7) is 2.46. The Balaban J connectivity index is 2.06. The van der Waals surface area contributed by atoms with Crippen molar-refractivity contribution in [2.45, 2.75) is 24.8 Å². The highest BCUT2D eigenvalue weighted by atomic mass is 35.5. The summed E-state index contributed by atoms with van der Waals surface area (Å²) in [4.78, 5) is 35.5. The van der Waals surface area contributed by atoms with Gasteiger partial charge in [-0.1, -0.05) is 23.2 Å². The number of amides is 2. The molecule has 1 heterocycles. The molecular weight excluding hydrogens is 461 g/mol. The van der Waals surface area contributed by atoms with E-state index in [0.717, 1.165) is 6.07 Å².